The monoisotopic (exact) mass is 380 g/mol. The summed E-state index contributed by atoms with van der Waals surface area (Å²) >= 11 is 0. The van der Waals surface area contributed by atoms with Gasteiger partial charge in [-0.3, -0.25) is 0 Å². The zero-order valence-electron chi connectivity index (χ0n) is 14.3. The van der Waals surface area contributed by atoms with E-state index in [9.17, 15) is 8.42 Å². The molecule has 0 fully saturated rings. The van der Waals surface area contributed by atoms with Crippen molar-refractivity contribution < 1.29 is 8.42 Å². The van der Waals surface area contributed by atoms with E-state index in [4.69, 9.17) is 5.14 Å². The molecule has 0 unspecified atom stereocenters. The minimum atomic E-state index is -3.79. The number of para-hydroxylation sites is 1. The molecule has 2 aromatic heterocycles. The van der Waals surface area contributed by atoms with E-state index in [0.717, 1.165) is 27.9 Å². The molecule has 27 heavy (non-hydrogen) atoms. The number of benzene rings is 2. The lowest BCUT2D eigenvalue weighted by atomic mass is 10.1. The second-order valence-corrected chi connectivity index (χ2v) is 7.59. The Kier molecular flexibility index (Phi) is 4.09. The van der Waals surface area contributed by atoms with Gasteiger partial charge in [0, 0.05) is 17.4 Å². The van der Waals surface area contributed by atoms with Gasteiger partial charge in [0.1, 0.15) is 0 Å². The largest absolute Gasteiger partial charge is 0.345 e. The van der Waals surface area contributed by atoms with Crippen LogP contribution in [0.25, 0.3) is 22.3 Å². The molecule has 4 aromatic rings. The molecule has 0 aliphatic heterocycles. The molecule has 2 aromatic carbocycles. The summed E-state index contributed by atoms with van der Waals surface area (Å²) in [6, 6.07) is 12.0. The maximum atomic E-state index is 11.5. The quantitative estimate of drug-likeness (QED) is 0.500. The molecule has 0 amide bonds. The number of hydrogen-bond acceptors (Lipinski definition) is 6. The number of fused-ring (bicyclic) bond motifs is 1. The Balaban J connectivity index is 1.75. The summed E-state index contributed by atoms with van der Waals surface area (Å²) < 4.78 is 23.1. The fourth-order valence-corrected chi connectivity index (χ4v) is 3.37. The predicted octanol–water partition coefficient (Wildman–Crippen LogP) is 2.72. The molecule has 8 nitrogen and oxygen atoms in total. The molecule has 9 heteroatoms. The summed E-state index contributed by atoms with van der Waals surface area (Å²) in [7, 11) is -3.79. The van der Waals surface area contributed by atoms with E-state index in [1.807, 2.05) is 25.1 Å². The normalized spacial score (nSPS) is 11.6. The number of imidazole rings is 1. The van der Waals surface area contributed by atoms with E-state index in [2.05, 4.69) is 25.3 Å². The van der Waals surface area contributed by atoms with Crippen molar-refractivity contribution in [2.45, 2.75) is 11.8 Å². The van der Waals surface area contributed by atoms with E-state index in [-0.39, 0.29) is 4.90 Å². The first-order chi connectivity index (χ1) is 12.9. The van der Waals surface area contributed by atoms with Crippen molar-refractivity contribution in [2.24, 2.45) is 5.14 Å². The molecule has 0 saturated heterocycles. The number of aromatic amines is 1. The fraction of sp³-hybridized carbons (Fsp3) is 0.0556. The van der Waals surface area contributed by atoms with Crippen molar-refractivity contribution in [3.63, 3.8) is 0 Å². The van der Waals surface area contributed by atoms with Crippen LogP contribution in [0.1, 0.15) is 5.56 Å². The SMILES string of the molecule is Cc1cnc(Nc2cccc(S(N)(=O)=O)c2)nc1-c1cccc2[nH]cnc12. The minimum absolute atomic E-state index is 0.0149. The number of rotatable bonds is 4. The van der Waals surface area contributed by atoms with Gasteiger partial charge in [-0.05, 0) is 36.8 Å². The molecule has 2 heterocycles. The Labute approximate surface area is 155 Å². The third-order valence-corrected chi connectivity index (χ3v) is 5.01. The molecule has 0 aliphatic rings. The second kappa shape index (κ2) is 6.45. The summed E-state index contributed by atoms with van der Waals surface area (Å²) in [5.41, 5.74) is 4.79. The lowest BCUT2D eigenvalue weighted by Crippen LogP contribution is -2.12. The van der Waals surface area contributed by atoms with Crippen LogP contribution in [0.3, 0.4) is 0 Å². The van der Waals surface area contributed by atoms with Gasteiger partial charge in [0.2, 0.25) is 16.0 Å². The molecule has 0 radical (unpaired) electrons. The summed E-state index contributed by atoms with van der Waals surface area (Å²) in [6.45, 7) is 1.92. The van der Waals surface area contributed by atoms with Gasteiger partial charge in [-0.1, -0.05) is 18.2 Å². The molecule has 0 aliphatic carbocycles. The summed E-state index contributed by atoms with van der Waals surface area (Å²) in [4.78, 5) is 16.4. The van der Waals surface area contributed by atoms with E-state index < -0.39 is 10.0 Å². The number of aromatic nitrogens is 4. The van der Waals surface area contributed by atoms with Crippen LogP contribution in [0, 0.1) is 6.92 Å². The lowest BCUT2D eigenvalue weighted by Gasteiger charge is -2.10. The lowest BCUT2D eigenvalue weighted by molar-refractivity contribution is 0.598. The molecular formula is C18H16N6O2S. The Hall–Kier alpha value is -3.30. The first kappa shape index (κ1) is 17.1. The third-order valence-electron chi connectivity index (χ3n) is 4.10. The highest BCUT2D eigenvalue weighted by atomic mass is 32.2. The number of nitrogens with two attached hydrogens (primary N) is 1. The number of sulfonamides is 1. The molecule has 4 rings (SSSR count). The van der Waals surface area contributed by atoms with Gasteiger partial charge in [0.05, 0.1) is 28.0 Å². The molecule has 0 atom stereocenters. The van der Waals surface area contributed by atoms with Crippen LogP contribution >= 0.6 is 0 Å². The van der Waals surface area contributed by atoms with Crippen molar-refractivity contribution in [1.82, 2.24) is 19.9 Å². The highest BCUT2D eigenvalue weighted by Crippen LogP contribution is 2.28. The Bertz CT molecular complexity index is 1250. The van der Waals surface area contributed by atoms with Crippen LogP contribution in [0.2, 0.25) is 0 Å². The Morgan fingerprint density at radius 3 is 2.74 bits per heavy atom. The van der Waals surface area contributed by atoms with E-state index >= 15 is 0 Å². The maximum Gasteiger partial charge on any atom is 0.238 e. The van der Waals surface area contributed by atoms with Gasteiger partial charge in [-0.25, -0.2) is 28.5 Å². The van der Waals surface area contributed by atoms with Gasteiger partial charge in [-0.2, -0.15) is 0 Å². The van der Waals surface area contributed by atoms with E-state index in [1.54, 1.807) is 24.7 Å². The van der Waals surface area contributed by atoms with Crippen molar-refractivity contribution in [3.05, 3.63) is 60.6 Å². The van der Waals surface area contributed by atoms with Crippen molar-refractivity contribution in [1.29, 1.82) is 0 Å². The van der Waals surface area contributed by atoms with Crippen molar-refractivity contribution in [3.8, 4) is 11.3 Å². The zero-order valence-corrected chi connectivity index (χ0v) is 15.2. The van der Waals surface area contributed by atoms with E-state index in [1.165, 1.54) is 12.1 Å². The van der Waals surface area contributed by atoms with Gasteiger partial charge < -0.3 is 10.3 Å². The first-order valence-corrected chi connectivity index (χ1v) is 9.62. The molecule has 0 spiro atoms. The van der Waals surface area contributed by atoms with Gasteiger partial charge in [0.15, 0.2) is 0 Å². The topological polar surface area (TPSA) is 127 Å². The van der Waals surface area contributed by atoms with Crippen LogP contribution < -0.4 is 10.5 Å². The smallest absolute Gasteiger partial charge is 0.238 e. The molecule has 0 bridgehead atoms. The van der Waals surface area contributed by atoms with Crippen LogP contribution in [-0.4, -0.2) is 28.4 Å². The fourth-order valence-electron chi connectivity index (χ4n) is 2.81. The number of hydrogen-bond donors (Lipinski definition) is 3. The van der Waals surface area contributed by atoms with Crippen LogP contribution in [-0.2, 0) is 10.0 Å². The molecule has 4 N–H and O–H groups in total. The maximum absolute atomic E-state index is 11.5. The summed E-state index contributed by atoms with van der Waals surface area (Å²) in [5.74, 6) is 0.342. The Morgan fingerprint density at radius 2 is 1.93 bits per heavy atom. The number of nitrogens with zero attached hydrogens (tertiary/aromatic N) is 3. The number of anilines is 2. The first-order valence-electron chi connectivity index (χ1n) is 8.08. The highest BCUT2D eigenvalue weighted by Gasteiger charge is 2.13. The van der Waals surface area contributed by atoms with Gasteiger partial charge in [0.25, 0.3) is 0 Å². The molecule has 136 valence electrons. The third kappa shape index (κ3) is 3.37. The predicted molar refractivity (Wildman–Crippen MR) is 103 cm³/mol. The van der Waals surface area contributed by atoms with Gasteiger partial charge in [-0.15, -0.1) is 0 Å². The standard InChI is InChI=1S/C18H16N6O2S/c1-11-9-20-18(23-12-4-2-5-13(8-12)27(19,25)26)24-16(11)14-6-3-7-15-17(14)22-10-21-15/h2-10H,1H3,(H,21,22)(H2,19,25,26)(H,20,23,24). The molecular weight excluding hydrogens is 364 g/mol. The van der Waals surface area contributed by atoms with Gasteiger partial charge >= 0.3 is 0 Å². The average molecular weight is 380 g/mol. The van der Waals surface area contributed by atoms with Crippen LogP contribution in [0.15, 0.2) is 59.9 Å². The Morgan fingerprint density at radius 1 is 1.11 bits per heavy atom. The minimum Gasteiger partial charge on any atom is -0.345 e. The van der Waals surface area contributed by atoms with Crippen LogP contribution in [0.5, 0.6) is 0 Å². The highest BCUT2D eigenvalue weighted by molar-refractivity contribution is 7.89. The summed E-state index contributed by atoms with van der Waals surface area (Å²) in [6.07, 6.45) is 3.35. The van der Waals surface area contributed by atoms with E-state index in [0.29, 0.717) is 11.6 Å². The molecule has 0 saturated carbocycles. The van der Waals surface area contributed by atoms with Crippen LogP contribution in [0.4, 0.5) is 11.6 Å². The zero-order chi connectivity index (χ0) is 19.0. The number of aryl methyl sites for hydroxylation is 1. The van der Waals surface area contributed by atoms with Crippen molar-refractivity contribution in [2.75, 3.05) is 5.32 Å². The number of nitrogens with one attached hydrogen (secondary N) is 2. The second-order valence-electron chi connectivity index (χ2n) is 6.03. The van der Waals surface area contributed by atoms with Crippen molar-refractivity contribution >= 4 is 32.7 Å². The average Bonchev–Trinajstić information content (AvgIpc) is 3.12. The number of primary sulfonamides is 1. The summed E-state index contributed by atoms with van der Waals surface area (Å²) in [5, 5.41) is 8.21. The number of H-pyrrole nitrogens is 1.